The van der Waals surface area contributed by atoms with E-state index in [4.69, 9.17) is 0 Å². The van der Waals surface area contributed by atoms with E-state index in [1.165, 1.54) is 29.6 Å². The van der Waals surface area contributed by atoms with Crippen molar-refractivity contribution in [2.75, 3.05) is 10.6 Å². The van der Waals surface area contributed by atoms with Crippen LogP contribution in [0.3, 0.4) is 0 Å². The molecular weight excluding hydrogens is 330 g/mol. The molecule has 0 unspecified atom stereocenters. The summed E-state index contributed by atoms with van der Waals surface area (Å²) < 4.78 is 0. The molecule has 2 N–H and O–H groups in total. The number of urea groups is 1. The molecule has 0 spiro atoms. The van der Waals surface area contributed by atoms with Crippen LogP contribution in [0.1, 0.15) is 16.6 Å². The van der Waals surface area contributed by atoms with Crippen LogP contribution in [-0.4, -0.2) is 16.8 Å². The van der Waals surface area contributed by atoms with E-state index in [0.717, 1.165) is 10.6 Å². The number of hydrogen-bond acceptors (Lipinski definition) is 5. The highest BCUT2D eigenvalue weighted by Crippen LogP contribution is 2.31. The van der Waals surface area contributed by atoms with Crippen molar-refractivity contribution < 1.29 is 9.59 Å². The smallest absolute Gasteiger partial charge is 0.299 e. The van der Waals surface area contributed by atoms with Gasteiger partial charge in [0.15, 0.2) is 10.9 Å². The van der Waals surface area contributed by atoms with E-state index >= 15 is 0 Å². The largest absolute Gasteiger partial charge is 0.326 e. The molecule has 2 heterocycles. The van der Waals surface area contributed by atoms with Crippen LogP contribution in [0.4, 0.5) is 14.9 Å². The Morgan fingerprint density at radius 1 is 1.04 bits per heavy atom. The molecule has 7 heteroatoms. The first-order chi connectivity index (χ1) is 11.1. The molecule has 0 atom stereocenters. The van der Waals surface area contributed by atoms with Gasteiger partial charge in [0.25, 0.3) is 0 Å². The maximum Gasteiger partial charge on any atom is 0.326 e. The molecule has 0 saturated carbocycles. The van der Waals surface area contributed by atoms with Crippen LogP contribution in [0.2, 0.25) is 0 Å². The molecule has 5 nitrogen and oxygen atoms in total. The number of amides is 2. The molecule has 2 aromatic heterocycles. The van der Waals surface area contributed by atoms with Gasteiger partial charge in [0, 0.05) is 12.5 Å². The minimum Gasteiger partial charge on any atom is -0.299 e. The van der Waals surface area contributed by atoms with E-state index < -0.39 is 0 Å². The Morgan fingerprint density at radius 3 is 2.48 bits per heavy atom. The number of benzene rings is 1. The molecule has 0 bridgehead atoms. The zero-order valence-corrected chi connectivity index (χ0v) is 13.8. The molecule has 116 valence electrons. The van der Waals surface area contributed by atoms with Gasteiger partial charge in [0.1, 0.15) is 0 Å². The van der Waals surface area contributed by atoms with Gasteiger partial charge in [0.05, 0.1) is 15.6 Å². The van der Waals surface area contributed by atoms with Crippen LogP contribution in [0, 0.1) is 0 Å². The number of nitrogens with zero attached hydrogens (tertiary/aromatic N) is 1. The first kappa shape index (κ1) is 15.4. The van der Waals surface area contributed by atoms with Crippen molar-refractivity contribution >= 4 is 44.6 Å². The lowest BCUT2D eigenvalue weighted by Crippen LogP contribution is -2.18. The fourth-order valence-electron chi connectivity index (χ4n) is 1.99. The van der Waals surface area contributed by atoms with Crippen molar-refractivity contribution in [1.82, 2.24) is 4.98 Å². The average molecular weight is 343 g/mol. The summed E-state index contributed by atoms with van der Waals surface area (Å²) in [5.74, 6) is -0.0759. The lowest BCUT2D eigenvalue weighted by molar-refractivity contribution is 0.102. The second-order valence-electron chi connectivity index (χ2n) is 4.68. The van der Waals surface area contributed by atoms with Crippen molar-refractivity contribution in [1.29, 1.82) is 0 Å². The van der Waals surface area contributed by atoms with E-state index in [9.17, 15) is 9.59 Å². The third kappa shape index (κ3) is 3.64. The summed E-state index contributed by atoms with van der Waals surface area (Å²) in [4.78, 5) is 28.7. The third-order valence-electron chi connectivity index (χ3n) is 2.97. The van der Waals surface area contributed by atoms with Gasteiger partial charge in [-0.25, -0.2) is 9.78 Å². The van der Waals surface area contributed by atoms with Gasteiger partial charge in [-0.15, -0.1) is 11.3 Å². The summed E-state index contributed by atoms with van der Waals surface area (Å²) in [6, 6.07) is 12.7. The first-order valence-corrected chi connectivity index (χ1v) is 8.52. The Bertz CT molecular complexity index is 826. The first-order valence-electron chi connectivity index (χ1n) is 6.82. The highest BCUT2D eigenvalue weighted by molar-refractivity contribution is 7.18. The molecule has 3 aromatic rings. The number of aromatic nitrogens is 1. The molecule has 3 rings (SSSR count). The summed E-state index contributed by atoms with van der Waals surface area (Å²) in [7, 11) is 0. The van der Waals surface area contributed by atoms with Gasteiger partial charge < -0.3 is 0 Å². The zero-order valence-electron chi connectivity index (χ0n) is 12.2. The molecular formula is C16H13N3O2S2. The number of rotatable bonds is 4. The van der Waals surface area contributed by atoms with Crippen LogP contribution in [-0.2, 0) is 0 Å². The van der Waals surface area contributed by atoms with Crippen LogP contribution in [0.15, 0.2) is 47.8 Å². The van der Waals surface area contributed by atoms with E-state index in [1.807, 2.05) is 47.8 Å². The predicted octanol–water partition coefficient (Wildman–Crippen LogP) is 4.72. The van der Waals surface area contributed by atoms with Crippen molar-refractivity contribution in [3.05, 3.63) is 52.7 Å². The zero-order chi connectivity index (χ0) is 16.2. The average Bonchev–Trinajstić information content (AvgIpc) is 3.17. The molecule has 0 aliphatic rings. The second-order valence-corrected chi connectivity index (χ2v) is 6.62. The predicted molar refractivity (Wildman–Crippen MR) is 94.5 cm³/mol. The molecule has 0 saturated heterocycles. The summed E-state index contributed by atoms with van der Waals surface area (Å²) in [6.07, 6.45) is 0. The van der Waals surface area contributed by atoms with Crippen molar-refractivity contribution in [3.63, 3.8) is 0 Å². The second kappa shape index (κ2) is 6.72. The molecule has 23 heavy (non-hydrogen) atoms. The van der Waals surface area contributed by atoms with Gasteiger partial charge in [0.2, 0.25) is 0 Å². The third-order valence-corrected chi connectivity index (χ3v) is 4.83. The maximum absolute atomic E-state index is 12.0. The Morgan fingerprint density at radius 2 is 1.83 bits per heavy atom. The fraction of sp³-hybridized carbons (Fsp3) is 0.0625. The van der Waals surface area contributed by atoms with Gasteiger partial charge >= 0.3 is 6.03 Å². The monoisotopic (exact) mass is 343 g/mol. The summed E-state index contributed by atoms with van der Waals surface area (Å²) in [5.41, 5.74) is 1.44. The molecule has 0 fully saturated rings. The molecule has 0 aliphatic heterocycles. The molecule has 0 radical (unpaired) electrons. The quantitative estimate of drug-likeness (QED) is 0.673. The molecule has 2 amide bonds. The number of thiazole rings is 1. The van der Waals surface area contributed by atoms with Gasteiger partial charge in [-0.1, -0.05) is 41.7 Å². The normalized spacial score (nSPS) is 10.3. The summed E-state index contributed by atoms with van der Waals surface area (Å²) in [5, 5.41) is 8.41. The Kier molecular flexibility index (Phi) is 4.50. The molecule has 1 aromatic carbocycles. The lowest BCUT2D eigenvalue weighted by Gasteiger charge is -2.02. The van der Waals surface area contributed by atoms with Gasteiger partial charge in [-0.2, -0.15) is 0 Å². The standard InChI is InChI=1S/C16H13N3O2S2/c1-10(20)14-13(11-6-3-2-4-7-11)18-16(23-14)19-15(21)17-12-8-5-9-22-12/h2-9H,1H3,(H2,17,18,19,21). The van der Waals surface area contributed by atoms with Crippen molar-refractivity contribution in [2.24, 2.45) is 0 Å². The van der Waals surface area contributed by atoms with E-state index in [1.54, 1.807) is 0 Å². The summed E-state index contributed by atoms with van der Waals surface area (Å²) in [6.45, 7) is 1.50. The number of Topliss-reactive ketones (excluding diaryl/α,β-unsaturated/α-hetero) is 1. The fourth-order valence-corrected chi connectivity index (χ4v) is 3.48. The minimum absolute atomic E-state index is 0.0759. The van der Waals surface area contributed by atoms with Gasteiger partial charge in [-0.05, 0) is 17.5 Å². The van der Waals surface area contributed by atoms with Crippen molar-refractivity contribution in [2.45, 2.75) is 6.92 Å². The maximum atomic E-state index is 12.0. The Balaban J connectivity index is 1.83. The lowest BCUT2D eigenvalue weighted by atomic mass is 10.1. The SMILES string of the molecule is CC(=O)c1sc(NC(=O)Nc2cccs2)nc1-c1ccccc1. The minimum atomic E-state index is -0.379. The van der Waals surface area contributed by atoms with Crippen molar-refractivity contribution in [3.8, 4) is 11.3 Å². The number of anilines is 2. The van der Waals surface area contributed by atoms with Crippen LogP contribution in [0.5, 0.6) is 0 Å². The highest BCUT2D eigenvalue weighted by Gasteiger charge is 2.17. The van der Waals surface area contributed by atoms with Crippen LogP contribution in [0.25, 0.3) is 11.3 Å². The van der Waals surface area contributed by atoms with E-state index in [0.29, 0.717) is 15.7 Å². The van der Waals surface area contributed by atoms with Crippen LogP contribution < -0.4 is 10.6 Å². The van der Waals surface area contributed by atoms with E-state index in [-0.39, 0.29) is 11.8 Å². The highest BCUT2D eigenvalue weighted by atomic mass is 32.1. The number of nitrogens with one attached hydrogen (secondary N) is 2. The van der Waals surface area contributed by atoms with Gasteiger partial charge in [-0.3, -0.25) is 15.4 Å². The van der Waals surface area contributed by atoms with Crippen LogP contribution >= 0.6 is 22.7 Å². The molecule has 0 aliphatic carbocycles. The summed E-state index contributed by atoms with van der Waals surface area (Å²) >= 11 is 2.60. The number of carbonyl (C=O) groups is 2. The Labute approximate surface area is 141 Å². The number of carbonyl (C=O) groups excluding carboxylic acids is 2. The van der Waals surface area contributed by atoms with E-state index in [2.05, 4.69) is 15.6 Å². The topological polar surface area (TPSA) is 71.1 Å². The number of ketones is 1. The Hall–Kier alpha value is -2.51. The number of thiophene rings is 1. The number of hydrogen-bond donors (Lipinski definition) is 2.